The third-order valence-corrected chi connectivity index (χ3v) is 4.96. The van der Waals surface area contributed by atoms with Crippen LogP contribution in [0.2, 0.25) is 0 Å². The average Bonchev–Trinajstić information content (AvgIpc) is 2.42. The van der Waals surface area contributed by atoms with E-state index in [0.717, 1.165) is 22.8 Å². The van der Waals surface area contributed by atoms with Crippen LogP contribution in [0.4, 0.5) is 8.78 Å². The fourth-order valence-electron chi connectivity index (χ4n) is 2.80. The van der Waals surface area contributed by atoms with Gasteiger partial charge in [0.25, 0.3) is 0 Å². The molecule has 0 fully saturated rings. The zero-order valence-corrected chi connectivity index (χ0v) is 13.7. The highest BCUT2D eigenvalue weighted by Crippen LogP contribution is 2.37. The maximum absolute atomic E-state index is 13.4. The molecule has 0 heterocycles. The molecule has 0 aliphatic heterocycles. The van der Waals surface area contributed by atoms with Crippen LogP contribution in [0.5, 0.6) is 0 Å². The Balaban J connectivity index is 2.66. The molecular formula is C18H19ClF2. The second-order valence-corrected chi connectivity index (χ2v) is 6.04. The number of hydrogen-bond donors (Lipinski definition) is 0. The first-order valence-corrected chi connectivity index (χ1v) is 7.34. The van der Waals surface area contributed by atoms with Gasteiger partial charge in [-0.15, -0.1) is 11.6 Å². The minimum atomic E-state index is -0.605. The van der Waals surface area contributed by atoms with Gasteiger partial charge in [0.2, 0.25) is 0 Å². The van der Waals surface area contributed by atoms with Gasteiger partial charge in [0.1, 0.15) is 11.6 Å². The zero-order valence-electron chi connectivity index (χ0n) is 12.9. The SMILES string of the molecule is Cc1c(C)c(C)c(C(Cl)c2cc(F)cc(F)c2)c(C)c1C. The summed E-state index contributed by atoms with van der Waals surface area (Å²) in [7, 11) is 0. The van der Waals surface area contributed by atoms with Gasteiger partial charge in [0.15, 0.2) is 0 Å². The second kappa shape index (κ2) is 5.76. The monoisotopic (exact) mass is 308 g/mol. The third-order valence-electron chi connectivity index (χ3n) is 4.49. The predicted octanol–water partition coefficient (Wildman–Crippen LogP) is 5.84. The minimum Gasteiger partial charge on any atom is -0.207 e. The van der Waals surface area contributed by atoms with Crippen molar-refractivity contribution in [2.75, 3.05) is 0 Å². The van der Waals surface area contributed by atoms with E-state index < -0.39 is 17.0 Å². The molecule has 0 aromatic heterocycles. The van der Waals surface area contributed by atoms with Gasteiger partial charge in [-0.25, -0.2) is 8.78 Å². The summed E-state index contributed by atoms with van der Waals surface area (Å²) in [5.41, 5.74) is 7.15. The van der Waals surface area contributed by atoms with Crippen molar-refractivity contribution in [2.45, 2.75) is 40.0 Å². The van der Waals surface area contributed by atoms with Gasteiger partial charge < -0.3 is 0 Å². The van der Waals surface area contributed by atoms with Crippen molar-refractivity contribution >= 4 is 11.6 Å². The Labute approximate surface area is 129 Å². The number of halogens is 3. The molecule has 112 valence electrons. The molecule has 0 N–H and O–H groups in total. The molecule has 1 atom stereocenters. The summed E-state index contributed by atoms with van der Waals surface area (Å²) in [4.78, 5) is 0. The lowest BCUT2D eigenvalue weighted by Gasteiger charge is -2.22. The molecule has 0 aliphatic rings. The van der Waals surface area contributed by atoms with Crippen LogP contribution >= 0.6 is 11.6 Å². The van der Waals surface area contributed by atoms with E-state index in [-0.39, 0.29) is 0 Å². The lowest BCUT2D eigenvalue weighted by Crippen LogP contribution is -2.06. The maximum atomic E-state index is 13.4. The molecule has 0 spiro atoms. The van der Waals surface area contributed by atoms with Crippen LogP contribution in [-0.4, -0.2) is 0 Å². The van der Waals surface area contributed by atoms with Crippen molar-refractivity contribution in [1.29, 1.82) is 0 Å². The molecule has 2 rings (SSSR count). The fraction of sp³-hybridized carbons (Fsp3) is 0.333. The largest absolute Gasteiger partial charge is 0.207 e. The van der Waals surface area contributed by atoms with E-state index >= 15 is 0 Å². The molecular weight excluding hydrogens is 290 g/mol. The van der Waals surface area contributed by atoms with Crippen molar-refractivity contribution in [2.24, 2.45) is 0 Å². The van der Waals surface area contributed by atoms with Crippen LogP contribution in [0.25, 0.3) is 0 Å². The van der Waals surface area contributed by atoms with E-state index in [1.165, 1.54) is 28.8 Å². The molecule has 1 unspecified atom stereocenters. The fourth-order valence-corrected chi connectivity index (χ4v) is 3.25. The first-order valence-electron chi connectivity index (χ1n) is 6.91. The summed E-state index contributed by atoms with van der Waals surface area (Å²) < 4.78 is 26.9. The Morgan fingerprint density at radius 3 is 1.52 bits per heavy atom. The van der Waals surface area contributed by atoms with Crippen molar-refractivity contribution in [3.8, 4) is 0 Å². The van der Waals surface area contributed by atoms with Crippen LogP contribution in [0.15, 0.2) is 18.2 Å². The molecule has 0 saturated heterocycles. The molecule has 0 amide bonds. The molecule has 2 aromatic rings. The van der Waals surface area contributed by atoms with Gasteiger partial charge >= 0.3 is 0 Å². The van der Waals surface area contributed by atoms with Gasteiger partial charge in [-0.1, -0.05) is 0 Å². The zero-order chi connectivity index (χ0) is 15.9. The predicted molar refractivity (Wildman–Crippen MR) is 84.2 cm³/mol. The van der Waals surface area contributed by atoms with Gasteiger partial charge in [0, 0.05) is 6.07 Å². The lowest BCUT2D eigenvalue weighted by molar-refractivity contribution is 0.580. The van der Waals surface area contributed by atoms with Crippen molar-refractivity contribution in [3.63, 3.8) is 0 Å². The normalized spacial score (nSPS) is 12.6. The quantitative estimate of drug-likeness (QED) is 0.612. The van der Waals surface area contributed by atoms with Gasteiger partial charge in [-0.3, -0.25) is 0 Å². The minimum absolute atomic E-state index is 0.447. The van der Waals surface area contributed by atoms with Gasteiger partial charge in [0.05, 0.1) is 5.38 Å². The number of benzene rings is 2. The average molecular weight is 309 g/mol. The Hall–Kier alpha value is -1.41. The van der Waals surface area contributed by atoms with Crippen LogP contribution in [0.3, 0.4) is 0 Å². The maximum Gasteiger partial charge on any atom is 0.126 e. The van der Waals surface area contributed by atoms with Gasteiger partial charge in [-0.05, 0) is 85.7 Å². The van der Waals surface area contributed by atoms with Crippen LogP contribution in [-0.2, 0) is 0 Å². The Bertz CT molecular complexity index is 656. The molecule has 0 bridgehead atoms. The third kappa shape index (κ3) is 2.82. The summed E-state index contributed by atoms with van der Waals surface area (Å²) in [6.45, 7) is 10.2. The summed E-state index contributed by atoms with van der Waals surface area (Å²) in [5.74, 6) is -1.21. The summed E-state index contributed by atoms with van der Waals surface area (Å²) in [6, 6.07) is 3.45. The Morgan fingerprint density at radius 1 is 0.714 bits per heavy atom. The molecule has 3 heteroatoms. The number of hydrogen-bond acceptors (Lipinski definition) is 0. The number of alkyl halides is 1. The first-order chi connectivity index (χ1) is 9.73. The van der Waals surface area contributed by atoms with E-state index in [1.807, 2.05) is 13.8 Å². The molecule has 21 heavy (non-hydrogen) atoms. The van der Waals surface area contributed by atoms with Crippen molar-refractivity contribution < 1.29 is 8.78 Å². The molecule has 0 saturated carbocycles. The number of rotatable bonds is 2. The van der Waals surface area contributed by atoms with E-state index in [2.05, 4.69) is 20.8 Å². The first kappa shape index (κ1) is 16.0. The summed E-state index contributed by atoms with van der Waals surface area (Å²) in [5, 5.41) is -0.562. The topological polar surface area (TPSA) is 0 Å². The van der Waals surface area contributed by atoms with Gasteiger partial charge in [-0.2, -0.15) is 0 Å². The molecule has 0 radical (unpaired) electrons. The van der Waals surface area contributed by atoms with Crippen molar-refractivity contribution in [3.05, 3.63) is 68.8 Å². The Kier molecular flexibility index (Phi) is 4.38. The standard InChI is InChI=1S/C18H19ClF2/c1-9-10(2)12(4)17(13(5)11(9)3)18(19)14-6-15(20)8-16(21)7-14/h6-8,18H,1-5H3. The smallest absolute Gasteiger partial charge is 0.126 e. The summed E-state index contributed by atoms with van der Waals surface area (Å²) >= 11 is 6.55. The lowest BCUT2D eigenvalue weighted by atomic mass is 9.86. The highest BCUT2D eigenvalue weighted by atomic mass is 35.5. The highest BCUT2D eigenvalue weighted by molar-refractivity contribution is 6.22. The van der Waals surface area contributed by atoms with E-state index in [0.29, 0.717) is 5.56 Å². The highest BCUT2D eigenvalue weighted by Gasteiger charge is 2.21. The van der Waals surface area contributed by atoms with Crippen LogP contribution in [0, 0.1) is 46.3 Å². The van der Waals surface area contributed by atoms with Crippen LogP contribution in [0.1, 0.15) is 44.3 Å². The van der Waals surface area contributed by atoms with Crippen molar-refractivity contribution in [1.82, 2.24) is 0 Å². The van der Waals surface area contributed by atoms with Crippen LogP contribution < -0.4 is 0 Å². The van der Waals surface area contributed by atoms with E-state index in [9.17, 15) is 8.78 Å². The molecule has 0 aliphatic carbocycles. The van der Waals surface area contributed by atoms with E-state index in [1.54, 1.807) is 0 Å². The second-order valence-electron chi connectivity index (χ2n) is 5.60. The summed E-state index contributed by atoms with van der Waals surface area (Å²) in [6.07, 6.45) is 0. The van der Waals surface area contributed by atoms with E-state index in [4.69, 9.17) is 11.6 Å². The Morgan fingerprint density at radius 2 is 1.10 bits per heavy atom. The molecule has 0 nitrogen and oxygen atoms in total. The molecule has 2 aromatic carbocycles.